The van der Waals surface area contributed by atoms with Gasteiger partial charge in [0, 0.05) is 11.0 Å². The summed E-state index contributed by atoms with van der Waals surface area (Å²) in [6, 6.07) is 4.76. The number of aryl methyl sites for hydroxylation is 1. The fraction of sp³-hybridized carbons (Fsp3) is 0.357. The van der Waals surface area contributed by atoms with Gasteiger partial charge in [0.2, 0.25) is 0 Å². The lowest BCUT2D eigenvalue weighted by Crippen LogP contribution is -2.17. The molecule has 2 heterocycles. The molecule has 0 atom stereocenters. The molecule has 1 aliphatic rings. The van der Waals surface area contributed by atoms with Crippen LogP contribution in [0.25, 0.3) is 0 Å². The maximum atomic E-state index is 12.6. The van der Waals surface area contributed by atoms with E-state index < -0.39 is 10.0 Å². The lowest BCUT2D eigenvalue weighted by atomic mass is 10.1. The highest BCUT2D eigenvalue weighted by Crippen LogP contribution is 2.30. The zero-order chi connectivity index (χ0) is 15.7. The minimum absolute atomic E-state index is 0.170. The van der Waals surface area contributed by atoms with Crippen molar-refractivity contribution in [2.24, 2.45) is 0 Å². The number of nitrogens with one attached hydrogen (secondary N) is 1. The Morgan fingerprint density at radius 3 is 2.91 bits per heavy atom. The number of aromatic nitrogens is 2. The van der Waals surface area contributed by atoms with Crippen LogP contribution in [0.5, 0.6) is 5.75 Å². The van der Waals surface area contributed by atoms with Gasteiger partial charge in [-0.3, -0.25) is 9.40 Å². The molecule has 2 aromatic rings. The largest absolute Gasteiger partial charge is 0.497 e. The van der Waals surface area contributed by atoms with Gasteiger partial charge in [0.15, 0.2) is 0 Å². The molecule has 22 heavy (non-hydrogen) atoms. The summed E-state index contributed by atoms with van der Waals surface area (Å²) in [5.74, 6) is 0.591. The van der Waals surface area contributed by atoms with Crippen LogP contribution in [-0.2, 0) is 23.0 Å². The molecule has 1 aliphatic heterocycles. The quantitative estimate of drug-likeness (QED) is 0.877. The maximum absolute atomic E-state index is 12.6. The van der Waals surface area contributed by atoms with E-state index in [2.05, 4.69) is 25.8 Å². The molecule has 0 spiro atoms. The van der Waals surface area contributed by atoms with Gasteiger partial charge in [0.1, 0.15) is 10.6 Å². The first kappa shape index (κ1) is 15.4. The summed E-state index contributed by atoms with van der Waals surface area (Å²) in [4.78, 5) is 0.170. The van der Waals surface area contributed by atoms with E-state index in [1.165, 1.54) is 13.2 Å². The second-order valence-electron chi connectivity index (χ2n) is 5.09. The van der Waals surface area contributed by atoms with Crippen LogP contribution in [0.15, 0.2) is 33.8 Å². The van der Waals surface area contributed by atoms with Crippen molar-refractivity contribution in [1.29, 1.82) is 0 Å². The number of rotatable bonds is 4. The van der Waals surface area contributed by atoms with E-state index in [1.807, 2.05) is 4.68 Å². The fourth-order valence-corrected chi connectivity index (χ4v) is 4.66. The molecule has 0 saturated heterocycles. The number of ether oxygens (including phenoxy) is 1. The highest BCUT2D eigenvalue weighted by Gasteiger charge is 2.22. The normalized spacial score (nSPS) is 14.5. The number of hydrogen-bond donors (Lipinski definition) is 1. The molecule has 0 saturated carbocycles. The van der Waals surface area contributed by atoms with E-state index in [0.29, 0.717) is 15.9 Å². The topological polar surface area (TPSA) is 73.2 Å². The predicted octanol–water partition coefficient (Wildman–Crippen LogP) is 2.79. The first-order valence-electron chi connectivity index (χ1n) is 6.92. The van der Waals surface area contributed by atoms with Crippen LogP contribution >= 0.6 is 15.9 Å². The Morgan fingerprint density at radius 1 is 1.36 bits per heavy atom. The zero-order valence-corrected chi connectivity index (χ0v) is 14.4. The van der Waals surface area contributed by atoms with Gasteiger partial charge in [0.05, 0.1) is 24.7 Å². The number of fused-ring (bicyclic) bond motifs is 1. The fourth-order valence-electron chi connectivity index (χ4n) is 2.53. The van der Waals surface area contributed by atoms with Crippen LogP contribution in [0.3, 0.4) is 0 Å². The van der Waals surface area contributed by atoms with Crippen molar-refractivity contribution in [3.63, 3.8) is 0 Å². The second-order valence-corrected chi connectivity index (χ2v) is 7.59. The van der Waals surface area contributed by atoms with E-state index in [4.69, 9.17) is 4.74 Å². The molecular formula is C14H16BrN3O3S. The van der Waals surface area contributed by atoms with Gasteiger partial charge in [-0.25, -0.2) is 8.42 Å². The molecule has 0 radical (unpaired) electrons. The Morgan fingerprint density at radius 2 is 2.18 bits per heavy atom. The summed E-state index contributed by atoms with van der Waals surface area (Å²) < 4.78 is 35.2. The smallest absolute Gasteiger partial charge is 0.263 e. The summed E-state index contributed by atoms with van der Waals surface area (Å²) in [6.45, 7) is 0.837. The summed E-state index contributed by atoms with van der Waals surface area (Å²) in [5, 5.41) is 4.24. The number of anilines is 1. The van der Waals surface area contributed by atoms with Gasteiger partial charge < -0.3 is 4.74 Å². The highest BCUT2D eigenvalue weighted by atomic mass is 79.9. The Hall–Kier alpha value is -1.54. The average Bonchev–Trinajstić information content (AvgIpc) is 2.89. The standard InChI is InChI=1S/C14H16BrN3O3S/c1-21-10-5-6-14(11(15)8-10)22(19,20)17-12-9-16-18-7-3-2-4-13(12)18/h5-6,8-9,17H,2-4,7H2,1H3. The predicted molar refractivity (Wildman–Crippen MR) is 86.7 cm³/mol. The van der Waals surface area contributed by atoms with Crippen LogP contribution < -0.4 is 9.46 Å². The maximum Gasteiger partial charge on any atom is 0.263 e. The van der Waals surface area contributed by atoms with Crippen molar-refractivity contribution in [3.05, 3.63) is 34.6 Å². The number of benzene rings is 1. The third-order valence-electron chi connectivity index (χ3n) is 3.66. The molecule has 1 aromatic heterocycles. The Balaban J connectivity index is 1.92. The zero-order valence-electron chi connectivity index (χ0n) is 12.0. The molecule has 0 aliphatic carbocycles. The van der Waals surface area contributed by atoms with Crippen molar-refractivity contribution >= 4 is 31.6 Å². The highest BCUT2D eigenvalue weighted by molar-refractivity contribution is 9.10. The molecule has 3 rings (SSSR count). The van der Waals surface area contributed by atoms with Crippen molar-refractivity contribution in [1.82, 2.24) is 9.78 Å². The van der Waals surface area contributed by atoms with Crippen LogP contribution in [0, 0.1) is 0 Å². The number of halogens is 1. The molecule has 1 aromatic carbocycles. The van der Waals surface area contributed by atoms with Crippen molar-refractivity contribution in [3.8, 4) is 5.75 Å². The monoisotopic (exact) mass is 385 g/mol. The first-order chi connectivity index (χ1) is 10.5. The van der Waals surface area contributed by atoms with Gasteiger partial charge in [0.25, 0.3) is 10.0 Å². The van der Waals surface area contributed by atoms with Crippen LogP contribution in [0.4, 0.5) is 5.69 Å². The van der Waals surface area contributed by atoms with Gasteiger partial charge >= 0.3 is 0 Å². The minimum Gasteiger partial charge on any atom is -0.497 e. The third kappa shape index (κ3) is 2.85. The second kappa shape index (κ2) is 5.92. The van der Waals surface area contributed by atoms with E-state index in [-0.39, 0.29) is 4.90 Å². The van der Waals surface area contributed by atoms with E-state index in [0.717, 1.165) is 31.5 Å². The lowest BCUT2D eigenvalue weighted by molar-refractivity contribution is 0.414. The number of sulfonamides is 1. The third-order valence-corrected chi connectivity index (χ3v) is 6.00. The number of hydrogen-bond acceptors (Lipinski definition) is 4. The molecule has 1 N–H and O–H groups in total. The molecule has 118 valence electrons. The van der Waals surface area contributed by atoms with Gasteiger partial charge in [-0.2, -0.15) is 5.10 Å². The molecule has 8 heteroatoms. The van der Waals surface area contributed by atoms with E-state index in [1.54, 1.807) is 18.3 Å². The summed E-state index contributed by atoms with van der Waals surface area (Å²) in [6.07, 6.45) is 4.54. The Labute approximate surface area is 137 Å². The SMILES string of the molecule is COc1ccc(S(=O)(=O)Nc2cnn3c2CCCC3)c(Br)c1. The number of methoxy groups -OCH3 is 1. The minimum atomic E-state index is -3.68. The molecule has 0 amide bonds. The van der Waals surface area contributed by atoms with Gasteiger partial charge in [-0.15, -0.1) is 0 Å². The molecule has 0 fully saturated rings. The summed E-state index contributed by atoms with van der Waals surface area (Å²) in [7, 11) is -2.14. The van der Waals surface area contributed by atoms with Crippen LogP contribution in [-0.4, -0.2) is 25.3 Å². The van der Waals surface area contributed by atoms with Crippen molar-refractivity contribution in [2.75, 3.05) is 11.8 Å². The Kier molecular flexibility index (Phi) is 4.14. The lowest BCUT2D eigenvalue weighted by Gasteiger charge is -2.15. The first-order valence-corrected chi connectivity index (χ1v) is 9.20. The van der Waals surface area contributed by atoms with Gasteiger partial charge in [-0.05, 0) is 53.4 Å². The summed E-state index contributed by atoms with van der Waals surface area (Å²) >= 11 is 3.28. The summed E-state index contributed by atoms with van der Waals surface area (Å²) in [5.41, 5.74) is 1.50. The van der Waals surface area contributed by atoms with E-state index in [9.17, 15) is 8.42 Å². The Bertz CT molecular complexity index is 802. The van der Waals surface area contributed by atoms with Crippen molar-refractivity contribution < 1.29 is 13.2 Å². The molecular weight excluding hydrogens is 370 g/mol. The van der Waals surface area contributed by atoms with Gasteiger partial charge in [-0.1, -0.05) is 0 Å². The van der Waals surface area contributed by atoms with E-state index >= 15 is 0 Å². The average molecular weight is 386 g/mol. The molecule has 0 unspecified atom stereocenters. The number of nitrogens with zero attached hydrogens (tertiary/aromatic N) is 2. The molecule has 0 bridgehead atoms. The van der Waals surface area contributed by atoms with Crippen molar-refractivity contribution in [2.45, 2.75) is 30.7 Å². The van der Waals surface area contributed by atoms with Crippen LogP contribution in [0.2, 0.25) is 0 Å². The van der Waals surface area contributed by atoms with Crippen LogP contribution in [0.1, 0.15) is 18.5 Å². The molecule has 6 nitrogen and oxygen atoms in total.